The Morgan fingerprint density at radius 3 is 1.92 bits per heavy atom. The second kappa shape index (κ2) is 7.83. The van der Waals surface area contributed by atoms with E-state index in [1.54, 1.807) is 5.32 Å². The molecule has 2 aromatic carbocycles. The van der Waals surface area contributed by atoms with Gasteiger partial charge in [-0.3, -0.25) is 9.59 Å². The molecule has 0 aliphatic heterocycles. The zero-order valence-electron chi connectivity index (χ0n) is 13.5. The number of alkyl halides is 3. The molecule has 0 heterocycles. The molecule has 0 unspecified atom stereocenters. The van der Waals surface area contributed by atoms with Crippen molar-refractivity contribution in [1.82, 2.24) is 0 Å². The summed E-state index contributed by atoms with van der Waals surface area (Å²) < 4.78 is 36.5. The molecule has 7 heteroatoms. The fourth-order valence-corrected chi connectivity index (χ4v) is 2.07. The zero-order chi connectivity index (χ0) is 18.4. The Morgan fingerprint density at radius 1 is 0.880 bits per heavy atom. The smallest absolute Gasteiger partial charge is 0.326 e. The highest BCUT2D eigenvalue weighted by atomic mass is 19.4. The topological polar surface area (TPSA) is 58.2 Å². The highest BCUT2D eigenvalue weighted by Crippen LogP contribution is 2.19. The van der Waals surface area contributed by atoms with Crippen LogP contribution >= 0.6 is 0 Å². The molecule has 0 aliphatic rings. The van der Waals surface area contributed by atoms with Crippen LogP contribution < -0.4 is 10.6 Å². The quantitative estimate of drug-likeness (QED) is 0.854. The Labute approximate surface area is 143 Å². The van der Waals surface area contributed by atoms with Gasteiger partial charge in [-0.2, -0.15) is 13.2 Å². The highest BCUT2D eigenvalue weighted by molar-refractivity contribution is 5.95. The van der Waals surface area contributed by atoms with E-state index in [1.165, 1.54) is 24.3 Å². The molecule has 132 valence electrons. The van der Waals surface area contributed by atoms with E-state index in [9.17, 15) is 22.8 Å². The first kappa shape index (κ1) is 18.5. The number of nitrogens with one attached hydrogen (secondary N) is 2. The number of aryl methyl sites for hydroxylation is 2. The lowest BCUT2D eigenvalue weighted by molar-refractivity contribution is -0.167. The van der Waals surface area contributed by atoms with Gasteiger partial charge in [-0.1, -0.05) is 29.8 Å². The number of hydrogen-bond acceptors (Lipinski definition) is 2. The fourth-order valence-electron chi connectivity index (χ4n) is 2.07. The number of carbonyl (C=O) groups is 2. The Balaban J connectivity index is 1.84. The van der Waals surface area contributed by atoms with E-state index in [4.69, 9.17) is 0 Å². The largest absolute Gasteiger partial charge is 0.471 e. The standard InChI is InChI=1S/C18H17F3N2O2/c1-12-2-4-13(5-3-12)6-11-16(24)22-14-7-9-15(10-8-14)23-17(25)18(19,20)21/h2-5,7-10H,6,11H2,1H3,(H,22,24)(H,23,25). The first-order valence-electron chi connectivity index (χ1n) is 7.58. The van der Waals surface area contributed by atoms with Crippen molar-refractivity contribution in [3.05, 3.63) is 59.7 Å². The lowest BCUT2D eigenvalue weighted by atomic mass is 10.1. The molecule has 2 rings (SSSR count). The van der Waals surface area contributed by atoms with Crippen LogP contribution in [-0.4, -0.2) is 18.0 Å². The third-order valence-electron chi connectivity index (χ3n) is 3.45. The van der Waals surface area contributed by atoms with Crippen LogP contribution in [0.4, 0.5) is 24.5 Å². The van der Waals surface area contributed by atoms with Crippen LogP contribution in [0.15, 0.2) is 48.5 Å². The van der Waals surface area contributed by atoms with Gasteiger partial charge in [0.25, 0.3) is 0 Å². The molecule has 2 aromatic rings. The van der Waals surface area contributed by atoms with Crippen molar-refractivity contribution < 1.29 is 22.8 Å². The average molecular weight is 350 g/mol. The molecule has 0 spiro atoms. The molecular weight excluding hydrogens is 333 g/mol. The first-order valence-corrected chi connectivity index (χ1v) is 7.58. The predicted molar refractivity (Wildman–Crippen MR) is 89.3 cm³/mol. The first-order chi connectivity index (χ1) is 11.7. The van der Waals surface area contributed by atoms with Gasteiger partial charge in [0.15, 0.2) is 0 Å². The molecular formula is C18H17F3N2O2. The second-order valence-electron chi connectivity index (χ2n) is 5.56. The van der Waals surface area contributed by atoms with Crippen molar-refractivity contribution in [2.45, 2.75) is 25.9 Å². The second-order valence-corrected chi connectivity index (χ2v) is 5.56. The highest BCUT2D eigenvalue weighted by Gasteiger charge is 2.38. The minimum Gasteiger partial charge on any atom is -0.326 e. The normalized spacial score (nSPS) is 11.0. The Kier molecular flexibility index (Phi) is 5.80. The van der Waals surface area contributed by atoms with E-state index in [0.717, 1.165) is 11.1 Å². The van der Waals surface area contributed by atoms with Crippen LogP contribution in [0.25, 0.3) is 0 Å². The Bertz CT molecular complexity index is 738. The lowest BCUT2D eigenvalue weighted by Crippen LogP contribution is -2.29. The molecule has 25 heavy (non-hydrogen) atoms. The minimum absolute atomic E-state index is 0.0000191. The third-order valence-corrected chi connectivity index (χ3v) is 3.45. The fraction of sp³-hybridized carbons (Fsp3) is 0.222. The number of hydrogen-bond donors (Lipinski definition) is 2. The van der Waals surface area contributed by atoms with E-state index in [-0.39, 0.29) is 18.0 Å². The number of rotatable bonds is 5. The van der Waals surface area contributed by atoms with Crippen LogP contribution in [0.5, 0.6) is 0 Å². The summed E-state index contributed by atoms with van der Waals surface area (Å²) in [4.78, 5) is 22.7. The predicted octanol–water partition coefficient (Wildman–Crippen LogP) is 4.07. The van der Waals surface area contributed by atoms with Gasteiger partial charge < -0.3 is 10.6 Å². The molecule has 2 N–H and O–H groups in total. The van der Waals surface area contributed by atoms with E-state index in [0.29, 0.717) is 12.1 Å². The van der Waals surface area contributed by atoms with Crippen molar-refractivity contribution in [2.75, 3.05) is 10.6 Å². The molecule has 0 bridgehead atoms. The number of halogens is 3. The molecule has 0 saturated carbocycles. The molecule has 2 amide bonds. The van der Waals surface area contributed by atoms with Gasteiger partial charge in [-0.05, 0) is 43.2 Å². The summed E-state index contributed by atoms with van der Waals surface area (Å²) in [5, 5.41) is 4.40. The molecule has 0 aliphatic carbocycles. The van der Waals surface area contributed by atoms with Crippen molar-refractivity contribution in [1.29, 1.82) is 0 Å². The Hall–Kier alpha value is -2.83. The number of anilines is 2. The maximum Gasteiger partial charge on any atom is 0.471 e. The molecule has 0 aromatic heterocycles. The van der Waals surface area contributed by atoms with Crippen LogP contribution in [-0.2, 0) is 16.0 Å². The summed E-state index contributed by atoms with van der Waals surface area (Å²) in [6.07, 6.45) is -4.07. The maximum absolute atomic E-state index is 12.2. The number of carbonyl (C=O) groups excluding carboxylic acids is 2. The van der Waals surface area contributed by atoms with Crippen molar-refractivity contribution in [3.63, 3.8) is 0 Å². The van der Waals surface area contributed by atoms with E-state index < -0.39 is 12.1 Å². The summed E-state index contributed by atoms with van der Waals surface area (Å²) in [7, 11) is 0. The molecule has 4 nitrogen and oxygen atoms in total. The number of amides is 2. The van der Waals surface area contributed by atoms with Crippen LogP contribution in [0.3, 0.4) is 0 Å². The monoisotopic (exact) mass is 350 g/mol. The summed E-state index contributed by atoms with van der Waals surface area (Å²) >= 11 is 0. The van der Waals surface area contributed by atoms with Gasteiger partial charge in [0.1, 0.15) is 0 Å². The van der Waals surface area contributed by atoms with E-state index in [2.05, 4.69) is 5.32 Å². The lowest BCUT2D eigenvalue weighted by Gasteiger charge is -2.09. The number of benzene rings is 2. The summed E-state index contributed by atoms with van der Waals surface area (Å²) in [5.74, 6) is -2.24. The Morgan fingerprint density at radius 2 is 1.40 bits per heavy atom. The molecule has 0 fully saturated rings. The van der Waals surface area contributed by atoms with Crippen molar-refractivity contribution in [3.8, 4) is 0 Å². The summed E-state index contributed by atoms with van der Waals surface area (Å²) in [6.45, 7) is 1.98. The zero-order valence-corrected chi connectivity index (χ0v) is 13.5. The van der Waals surface area contributed by atoms with Crippen LogP contribution in [0, 0.1) is 6.92 Å². The summed E-state index contributed by atoms with van der Waals surface area (Å²) in [5.41, 5.74) is 2.63. The summed E-state index contributed by atoms with van der Waals surface area (Å²) in [6, 6.07) is 13.3. The average Bonchev–Trinajstić information content (AvgIpc) is 2.55. The van der Waals surface area contributed by atoms with Gasteiger partial charge in [0, 0.05) is 17.8 Å². The van der Waals surface area contributed by atoms with E-state index in [1.807, 2.05) is 31.2 Å². The van der Waals surface area contributed by atoms with Crippen molar-refractivity contribution in [2.24, 2.45) is 0 Å². The van der Waals surface area contributed by atoms with Gasteiger partial charge in [-0.15, -0.1) is 0 Å². The van der Waals surface area contributed by atoms with Crippen LogP contribution in [0.2, 0.25) is 0 Å². The SMILES string of the molecule is Cc1ccc(CCC(=O)Nc2ccc(NC(=O)C(F)(F)F)cc2)cc1. The molecule has 0 radical (unpaired) electrons. The maximum atomic E-state index is 12.2. The third kappa shape index (κ3) is 5.95. The van der Waals surface area contributed by atoms with Gasteiger partial charge >= 0.3 is 12.1 Å². The van der Waals surface area contributed by atoms with Crippen LogP contribution in [0.1, 0.15) is 17.5 Å². The van der Waals surface area contributed by atoms with Gasteiger partial charge in [0.2, 0.25) is 5.91 Å². The van der Waals surface area contributed by atoms with Gasteiger partial charge in [0.05, 0.1) is 0 Å². The van der Waals surface area contributed by atoms with E-state index >= 15 is 0 Å². The molecule has 0 atom stereocenters. The van der Waals surface area contributed by atoms with Crippen molar-refractivity contribution >= 4 is 23.2 Å². The van der Waals surface area contributed by atoms with Gasteiger partial charge in [-0.25, -0.2) is 0 Å². The minimum atomic E-state index is -4.94. The molecule has 0 saturated heterocycles.